The molecule has 1 aliphatic rings. The van der Waals surface area contributed by atoms with Gasteiger partial charge in [0.15, 0.2) is 5.11 Å². The lowest BCUT2D eigenvalue weighted by molar-refractivity contribution is -0.136. The summed E-state index contributed by atoms with van der Waals surface area (Å²) in [5, 5.41) is 3.29. The molecule has 7 heteroatoms. The van der Waals surface area contributed by atoms with Crippen molar-refractivity contribution in [2.45, 2.75) is 19.9 Å². The van der Waals surface area contributed by atoms with Crippen LogP contribution in [0.25, 0.3) is 0 Å². The van der Waals surface area contributed by atoms with Crippen LogP contribution in [0.3, 0.4) is 0 Å². The van der Waals surface area contributed by atoms with Crippen molar-refractivity contribution in [1.82, 2.24) is 5.32 Å². The van der Waals surface area contributed by atoms with Crippen molar-refractivity contribution >= 4 is 29.0 Å². The first kappa shape index (κ1) is 19.0. The molecule has 140 valence electrons. The summed E-state index contributed by atoms with van der Waals surface area (Å²) in [6.45, 7) is 3.68. The number of thiocarbonyl (C=S) groups is 1. The minimum Gasteiger partial charge on any atom is -0.466 e. The summed E-state index contributed by atoms with van der Waals surface area (Å²) in [7, 11) is 1.25. The number of allylic oxidation sites excluding steroid dienone is 1. The summed E-state index contributed by atoms with van der Waals surface area (Å²) >= 11 is 5.47. The van der Waals surface area contributed by atoms with Gasteiger partial charge < -0.3 is 10.1 Å². The van der Waals surface area contributed by atoms with Crippen molar-refractivity contribution in [2.75, 3.05) is 12.0 Å². The number of rotatable bonds is 3. The van der Waals surface area contributed by atoms with Gasteiger partial charge in [0.1, 0.15) is 11.6 Å². The number of hydrogen-bond acceptors (Lipinski definition) is 3. The van der Waals surface area contributed by atoms with Crippen LogP contribution in [-0.4, -0.2) is 18.2 Å². The van der Waals surface area contributed by atoms with Gasteiger partial charge in [0.25, 0.3) is 0 Å². The molecule has 1 atom stereocenters. The summed E-state index contributed by atoms with van der Waals surface area (Å²) in [5.41, 5.74) is 2.67. The lowest BCUT2D eigenvalue weighted by Crippen LogP contribution is -2.48. The van der Waals surface area contributed by atoms with Crippen molar-refractivity contribution in [3.05, 3.63) is 76.5 Å². The van der Waals surface area contributed by atoms with Gasteiger partial charge in [0, 0.05) is 23.0 Å². The van der Waals surface area contributed by atoms with Gasteiger partial charge in [-0.3, -0.25) is 4.90 Å². The first-order valence-corrected chi connectivity index (χ1v) is 8.65. The van der Waals surface area contributed by atoms with E-state index >= 15 is 0 Å². The van der Waals surface area contributed by atoms with E-state index in [1.165, 1.54) is 13.2 Å². The number of benzene rings is 2. The molecule has 1 N–H and O–H groups in total. The fourth-order valence-electron chi connectivity index (χ4n) is 3.09. The molecule has 1 aliphatic heterocycles. The van der Waals surface area contributed by atoms with Gasteiger partial charge in [-0.1, -0.05) is 23.8 Å². The van der Waals surface area contributed by atoms with Gasteiger partial charge in [-0.15, -0.1) is 0 Å². The van der Waals surface area contributed by atoms with Gasteiger partial charge in [0.05, 0.1) is 18.7 Å². The van der Waals surface area contributed by atoms with E-state index in [1.807, 2.05) is 31.2 Å². The number of carbonyl (C=O) groups excluding carboxylic acids is 1. The Hall–Kier alpha value is -2.80. The lowest BCUT2D eigenvalue weighted by atomic mass is 9.94. The first-order valence-electron chi connectivity index (χ1n) is 8.24. The third kappa shape index (κ3) is 3.55. The van der Waals surface area contributed by atoms with Crippen LogP contribution in [0.5, 0.6) is 0 Å². The Morgan fingerprint density at radius 2 is 1.81 bits per heavy atom. The Morgan fingerprint density at radius 1 is 1.15 bits per heavy atom. The molecule has 0 unspecified atom stereocenters. The average molecular weight is 388 g/mol. The monoisotopic (exact) mass is 388 g/mol. The molecule has 0 spiro atoms. The van der Waals surface area contributed by atoms with Gasteiger partial charge in [-0.25, -0.2) is 13.6 Å². The maximum atomic E-state index is 14.4. The van der Waals surface area contributed by atoms with Crippen molar-refractivity contribution in [1.29, 1.82) is 0 Å². The topological polar surface area (TPSA) is 41.6 Å². The van der Waals surface area contributed by atoms with E-state index in [-0.39, 0.29) is 11.1 Å². The second-order valence-corrected chi connectivity index (χ2v) is 6.60. The molecule has 0 saturated heterocycles. The van der Waals surface area contributed by atoms with Crippen LogP contribution in [0.4, 0.5) is 14.5 Å². The highest BCUT2D eigenvalue weighted by Crippen LogP contribution is 2.35. The molecule has 27 heavy (non-hydrogen) atoms. The van der Waals surface area contributed by atoms with Crippen molar-refractivity contribution in [3.63, 3.8) is 0 Å². The second-order valence-electron chi connectivity index (χ2n) is 6.21. The van der Waals surface area contributed by atoms with Gasteiger partial charge in [0.2, 0.25) is 0 Å². The summed E-state index contributed by atoms with van der Waals surface area (Å²) in [5.74, 6) is -2.09. The summed E-state index contributed by atoms with van der Waals surface area (Å²) in [4.78, 5) is 14.2. The zero-order valence-corrected chi connectivity index (χ0v) is 15.9. The van der Waals surface area contributed by atoms with E-state index in [0.717, 1.165) is 23.4 Å². The van der Waals surface area contributed by atoms with Crippen LogP contribution in [-0.2, 0) is 9.53 Å². The molecule has 0 amide bonds. The van der Waals surface area contributed by atoms with Crippen LogP contribution in [0.2, 0.25) is 0 Å². The second kappa shape index (κ2) is 7.44. The molecule has 0 saturated carbocycles. The van der Waals surface area contributed by atoms with Crippen LogP contribution in [0.15, 0.2) is 53.7 Å². The minimum atomic E-state index is -0.882. The van der Waals surface area contributed by atoms with E-state index in [4.69, 9.17) is 17.0 Å². The molecule has 2 aromatic rings. The largest absolute Gasteiger partial charge is 0.466 e. The van der Waals surface area contributed by atoms with Gasteiger partial charge in [-0.2, -0.15) is 0 Å². The number of ether oxygens (including phenoxy) is 1. The number of nitrogens with one attached hydrogen (secondary N) is 1. The summed E-state index contributed by atoms with van der Waals surface area (Å²) in [6.07, 6.45) is 0. The number of methoxy groups -OCH3 is 1. The molecule has 0 fully saturated rings. The molecule has 3 rings (SSSR count). The highest BCUT2D eigenvalue weighted by atomic mass is 32.1. The molecular weight excluding hydrogens is 370 g/mol. The Bertz CT molecular complexity index is 941. The SMILES string of the molecule is COC(=O)C1=C(C)N(c2ccc(C)cc2)C(=S)N[C@H]1c1ccc(F)cc1F. The Morgan fingerprint density at radius 3 is 2.41 bits per heavy atom. The third-order valence-corrected chi connectivity index (χ3v) is 4.76. The maximum Gasteiger partial charge on any atom is 0.337 e. The zero-order valence-electron chi connectivity index (χ0n) is 15.0. The number of halogens is 2. The van der Waals surface area contributed by atoms with E-state index in [9.17, 15) is 13.6 Å². The molecule has 0 aromatic heterocycles. The molecule has 0 radical (unpaired) electrons. The Kier molecular flexibility index (Phi) is 5.23. The predicted molar refractivity (Wildman–Crippen MR) is 103 cm³/mol. The fourth-order valence-corrected chi connectivity index (χ4v) is 3.45. The van der Waals surface area contributed by atoms with E-state index < -0.39 is 23.6 Å². The average Bonchev–Trinajstić information content (AvgIpc) is 2.62. The number of anilines is 1. The predicted octanol–water partition coefficient (Wildman–Crippen LogP) is 4.16. The highest BCUT2D eigenvalue weighted by Gasteiger charge is 2.36. The van der Waals surface area contributed by atoms with Gasteiger partial charge >= 0.3 is 5.97 Å². The fraction of sp³-hybridized carbons (Fsp3) is 0.200. The number of nitrogens with zero attached hydrogens (tertiary/aromatic N) is 1. The number of hydrogen-bond donors (Lipinski definition) is 1. The van der Waals surface area contributed by atoms with Crippen LogP contribution in [0, 0.1) is 18.6 Å². The number of aryl methyl sites for hydroxylation is 1. The Balaban J connectivity index is 2.15. The number of esters is 1. The van der Waals surface area contributed by atoms with E-state index in [2.05, 4.69) is 5.32 Å². The highest BCUT2D eigenvalue weighted by molar-refractivity contribution is 7.80. The lowest BCUT2D eigenvalue weighted by Gasteiger charge is -2.37. The summed E-state index contributed by atoms with van der Waals surface area (Å²) in [6, 6.07) is 9.93. The van der Waals surface area contributed by atoms with Crippen LogP contribution < -0.4 is 10.2 Å². The van der Waals surface area contributed by atoms with Gasteiger partial charge in [-0.05, 0) is 44.3 Å². The van der Waals surface area contributed by atoms with Crippen molar-refractivity contribution in [3.8, 4) is 0 Å². The molecule has 1 heterocycles. The first-order chi connectivity index (χ1) is 12.8. The molecule has 0 bridgehead atoms. The van der Waals surface area contributed by atoms with E-state index in [0.29, 0.717) is 10.8 Å². The maximum absolute atomic E-state index is 14.4. The van der Waals surface area contributed by atoms with E-state index in [1.54, 1.807) is 11.8 Å². The van der Waals surface area contributed by atoms with Crippen LogP contribution in [0.1, 0.15) is 24.1 Å². The standard InChI is InChI=1S/C20H18F2N2O2S/c1-11-4-7-14(8-5-11)24-12(2)17(19(25)26-3)18(23-20(24)27)15-9-6-13(21)10-16(15)22/h4-10,18H,1-3H3,(H,23,27)/t18-/m0/s1. The normalized spacial score (nSPS) is 17.0. The third-order valence-electron chi connectivity index (χ3n) is 4.46. The van der Waals surface area contributed by atoms with Crippen LogP contribution >= 0.6 is 12.2 Å². The zero-order chi connectivity index (χ0) is 19.7. The molecule has 0 aliphatic carbocycles. The molecule has 2 aromatic carbocycles. The Labute approximate surface area is 161 Å². The van der Waals surface area contributed by atoms with Crippen molar-refractivity contribution < 1.29 is 18.3 Å². The quantitative estimate of drug-likeness (QED) is 0.632. The smallest absolute Gasteiger partial charge is 0.337 e. The molecule has 4 nitrogen and oxygen atoms in total. The summed E-state index contributed by atoms with van der Waals surface area (Å²) < 4.78 is 32.6. The minimum absolute atomic E-state index is 0.113. The van der Waals surface area contributed by atoms with Crippen molar-refractivity contribution in [2.24, 2.45) is 0 Å². The molecular formula is C20H18F2N2O2S. The number of carbonyl (C=O) groups is 1.